The van der Waals surface area contributed by atoms with Gasteiger partial charge >= 0.3 is 12.2 Å². The normalized spacial score (nSPS) is 10.9. The molecule has 1 aromatic rings. The van der Waals surface area contributed by atoms with Gasteiger partial charge in [0.1, 0.15) is 6.54 Å². The molecule has 0 saturated carbocycles. The third kappa shape index (κ3) is 6.24. The van der Waals surface area contributed by atoms with Crippen LogP contribution in [0.15, 0.2) is 18.2 Å². The van der Waals surface area contributed by atoms with Crippen LogP contribution < -0.4 is 20.1 Å². The molecule has 0 radical (unpaired) electrons. The highest BCUT2D eigenvalue weighted by Crippen LogP contribution is 2.30. The van der Waals surface area contributed by atoms with Gasteiger partial charge in [-0.05, 0) is 26.0 Å². The van der Waals surface area contributed by atoms with Crippen molar-refractivity contribution in [3.8, 4) is 11.5 Å². The van der Waals surface area contributed by atoms with Crippen molar-refractivity contribution >= 4 is 11.7 Å². The van der Waals surface area contributed by atoms with Crippen LogP contribution in [0.3, 0.4) is 0 Å². The SMILES string of the molecule is CCOc1ccc(NC(=O)NCC(F)(F)F)cc1OCC. The number of nitrogens with one attached hydrogen (secondary N) is 2. The molecule has 21 heavy (non-hydrogen) atoms. The number of carbonyl (C=O) groups excluding carboxylic acids is 1. The summed E-state index contributed by atoms with van der Waals surface area (Å²) in [5, 5.41) is 4.01. The number of benzene rings is 1. The van der Waals surface area contributed by atoms with Crippen molar-refractivity contribution in [2.75, 3.05) is 25.1 Å². The van der Waals surface area contributed by atoms with E-state index in [0.29, 0.717) is 30.4 Å². The van der Waals surface area contributed by atoms with Gasteiger partial charge in [0.25, 0.3) is 0 Å². The predicted octanol–water partition coefficient (Wildman–Crippen LogP) is 3.17. The van der Waals surface area contributed by atoms with Crippen molar-refractivity contribution in [3.63, 3.8) is 0 Å². The van der Waals surface area contributed by atoms with E-state index in [0.717, 1.165) is 0 Å². The number of hydrogen-bond acceptors (Lipinski definition) is 3. The summed E-state index contributed by atoms with van der Waals surface area (Å²) in [6, 6.07) is 3.63. The van der Waals surface area contributed by atoms with Gasteiger partial charge in [-0.25, -0.2) is 4.79 Å². The molecule has 2 amide bonds. The molecule has 5 nitrogen and oxygen atoms in total. The van der Waals surface area contributed by atoms with E-state index in [-0.39, 0.29) is 0 Å². The summed E-state index contributed by atoms with van der Waals surface area (Å²) in [4.78, 5) is 11.3. The van der Waals surface area contributed by atoms with E-state index in [1.54, 1.807) is 18.3 Å². The molecule has 0 aromatic heterocycles. The van der Waals surface area contributed by atoms with Crippen LogP contribution >= 0.6 is 0 Å². The Morgan fingerprint density at radius 3 is 2.33 bits per heavy atom. The molecule has 0 spiro atoms. The Bertz CT molecular complexity index is 478. The van der Waals surface area contributed by atoms with E-state index in [2.05, 4.69) is 5.32 Å². The molecule has 0 unspecified atom stereocenters. The van der Waals surface area contributed by atoms with E-state index in [9.17, 15) is 18.0 Å². The number of urea groups is 1. The minimum Gasteiger partial charge on any atom is -0.490 e. The third-order valence-corrected chi connectivity index (χ3v) is 2.25. The molecular weight excluding hydrogens is 289 g/mol. The van der Waals surface area contributed by atoms with Gasteiger partial charge in [0, 0.05) is 11.8 Å². The van der Waals surface area contributed by atoms with Gasteiger partial charge in [-0.1, -0.05) is 0 Å². The number of halogens is 3. The Morgan fingerprint density at radius 1 is 1.14 bits per heavy atom. The van der Waals surface area contributed by atoms with Crippen LogP contribution in [-0.2, 0) is 0 Å². The Labute approximate surface area is 120 Å². The zero-order chi connectivity index (χ0) is 15.9. The highest BCUT2D eigenvalue weighted by Gasteiger charge is 2.27. The van der Waals surface area contributed by atoms with Crippen LogP contribution in [0.4, 0.5) is 23.7 Å². The number of alkyl halides is 3. The Balaban J connectivity index is 2.70. The molecule has 0 atom stereocenters. The molecule has 2 N–H and O–H groups in total. The van der Waals surface area contributed by atoms with Gasteiger partial charge in [0.2, 0.25) is 0 Å². The molecule has 0 bridgehead atoms. The first-order valence-corrected chi connectivity index (χ1v) is 6.37. The average molecular weight is 306 g/mol. The number of ether oxygens (including phenoxy) is 2. The first-order chi connectivity index (χ1) is 9.85. The maximum Gasteiger partial charge on any atom is 0.405 e. The minimum atomic E-state index is -4.45. The fourth-order valence-electron chi connectivity index (χ4n) is 1.48. The Morgan fingerprint density at radius 2 is 1.76 bits per heavy atom. The fraction of sp³-hybridized carbons (Fsp3) is 0.462. The van der Waals surface area contributed by atoms with Crippen molar-refractivity contribution in [2.24, 2.45) is 0 Å². The van der Waals surface area contributed by atoms with Crippen molar-refractivity contribution < 1.29 is 27.4 Å². The van der Waals surface area contributed by atoms with Crippen LogP contribution in [0.25, 0.3) is 0 Å². The van der Waals surface area contributed by atoms with Crippen molar-refractivity contribution in [3.05, 3.63) is 18.2 Å². The largest absolute Gasteiger partial charge is 0.490 e. The molecular formula is C13H17F3N2O3. The van der Waals surface area contributed by atoms with E-state index >= 15 is 0 Å². The quantitative estimate of drug-likeness (QED) is 0.848. The van der Waals surface area contributed by atoms with Gasteiger partial charge in [-0.3, -0.25) is 0 Å². The first-order valence-electron chi connectivity index (χ1n) is 6.37. The second-order valence-corrected chi connectivity index (χ2v) is 3.95. The summed E-state index contributed by atoms with van der Waals surface area (Å²) in [6.45, 7) is 3.04. The van der Waals surface area contributed by atoms with Crippen LogP contribution in [0.5, 0.6) is 11.5 Å². The summed E-state index contributed by atoms with van der Waals surface area (Å²) >= 11 is 0. The monoisotopic (exact) mass is 306 g/mol. The summed E-state index contributed by atoms with van der Waals surface area (Å²) in [7, 11) is 0. The lowest BCUT2D eigenvalue weighted by Crippen LogP contribution is -2.36. The van der Waals surface area contributed by atoms with Crippen molar-refractivity contribution in [1.29, 1.82) is 0 Å². The summed E-state index contributed by atoms with van der Waals surface area (Å²) in [5.74, 6) is 0.911. The Kier molecular flexibility index (Phi) is 6.13. The molecule has 1 aromatic carbocycles. The third-order valence-electron chi connectivity index (χ3n) is 2.25. The zero-order valence-electron chi connectivity index (χ0n) is 11.7. The highest BCUT2D eigenvalue weighted by atomic mass is 19.4. The van der Waals surface area contributed by atoms with Crippen LogP contribution in [0.2, 0.25) is 0 Å². The molecule has 0 aliphatic carbocycles. The number of rotatable bonds is 6. The lowest BCUT2D eigenvalue weighted by molar-refractivity contribution is -0.122. The molecule has 1 rings (SSSR count). The van der Waals surface area contributed by atoms with Gasteiger partial charge in [-0.2, -0.15) is 13.2 Å². The minimum absolute atomic E-state index is 0.307. The number of anilines is 1. The number of hydrogen-bond donors (Lipinski definition) is 2. The maximum atomic E-state index is 12.0. The van der Waals surface area contributed by atoms with Crippen LogP contribution in [0, 0.1) is 0 Å². The van der Waals surface area contributed by atoms with E-state index in [1.165, 1.54) is 12.1 Å². The molecule has 0 saturated heterocycles. The van der Waals surface area contributed by atoms with Crippen LogP contribution in [0.1, 0.15) is 13.8 Å². The summed E-state index contributed by atoms with van der Waals surface area (Å²) in [6.07, 6.45) is -4.45. The topological polar surface area (TPSA) is 59.6 Å². The molecule has 0 fully saturated rings. The fourth-order valence-corrected chi connectivity index (χ4v) is 1.48. The maximum absolute atomic E-state index is 12.0. The average Bonchev–Trinajstić information content (AvgIpc) is 2.39. The summed E-state index contributed by atoms with van der Waals surface area (Å²) < 4.78 is 46.6. The molecule has 8 heteroatoms. The lowest BCUT2D eigenvalue weighted by atomic mass is 10.2. The van der Waals surface area contributed by atoms with Crippen LogP contribution in [-0.4, -0.2) is 32.0 Å². The first kappa shape index (κ1) is 16.9. The second-order valence-electron chi connectivity index (χ2n) is 3.95. The molecule has 118 valence electrons. The molecule has 0 heterocycles. The smallest absolute Gasteiger partial charge is 0.405 e. The highest BCUT2D eigenvalue weighted by molar-refractivity contribution is 5.89. The number of amides is 2. The molecule has 0 aliphatic rings. The molecule has 0 aliphatic heterocycles. The van der Waals surface area contributed by atoms with Crippen molar-refractivity contribution in [1.82, 2.24) is 5.32 Å². The second kappa shape index (κ2) is 7.61. The van der Waals surface area contributed by atoms with Gasteiger partial charge < -0.3 is 20.1 Å². The standard InChI is InChI=1S/C13H17F3N2O3/c1-3-20-10-6-5-9(7-11(10)21-4-2)18-12(19)17-8-13(14,15)16/h5-7H,3-4,8H2,1-2H3,(H2,17,18,19). The summed E-state index contributed by atoms with van der Waals surface area (Å²) in [5.41, 5.74) is 0.307. The predicted molar refractivity (Wildman–Crippen MR) is 71.9 cm³/mol. The van der Waals surface area contributed by atoms with Crippen molar-refractivity contribution in [2.45, 2.75) is 20.0 Å². The van der Waals surface area contributed by atoms with E-state index < -0.39 is 18.8 Å². The van der Waals surface area contributed by atoms with E-state index in [4.69, 9.17) is 9.47 Å². The van der Waals surface area contributed by atoms with E-state index in [1.807, 2.05) is 6.92 Å². The van der Waals surface area contributed by atoms with Gasteiger partial charge in [0.15, 0.2) is 11.5 Å². The van der Waals surface area contributed by atoms with Gasteiger partial charge in [0.05, 0.1) is 13.2 Å². The number of carbonyl (C=O) groups is 1. The Hall–Kier alpha value is -2.12. The zero-order valence-corrected chi connectivity index (χ0v) is 11.7. The van der Waals surface area contributed by atoms with Gasteiger partial charge in [-0.15, -0.1) is 0 Å². The lowest BCUT2D eigenvalue weighted by Gasteiger charge is -2.13.